The number of carbonyl (C=O) groups is 1. The molecule has 4 heteroatoms. The monoisotopic (exact) mass is 315 g/mol. The van der Waals surface area contributed by atoms with E-state index in [2.05, 4.69) is 29.6 Å². The lowest BCUT2D eigenvalue weighted by Gasteiger charge is -2.07. The Labute approximate surface area is 135 Å². The second kappa shape index (κ2) is 9.15. The van der Waals surface area contributed by atoms with E-state index in [1.54, 1.807) is 24.3 Å². The highest BCUT2D eigenvalue weighted by Crippen LogP contribution is 2.21. The van der Waals surface area contributed by atoms with Gasteiger partial charge in [0.2, 0.25) is 5.91 Å². The van der Waals surface area contributed by atoms with Gasteiger partial charge in [0.15, 0.2) is 0 Å². The minimum Gasteiger partial charge on any atom is -0.506 e. The first-order valence-corrected chi connectivity index (χ1v) is 8.60. The number of anilines is 1. The molecule has 2 aromatic rings. The fourth-order valence-electron chi connectivity index (χ4n) is 2.06. The second-order valence-corrected chi connectivity index (χ2v) is 6.24. The number of carbonyl (C=O) groups excluding carboxylic acids is 1. The molecule has 0 saturated carbocycles. The van der Waals surface area contributed by atoms with Crippen molar-refractivity contribution in [1.29, 1.82) is 0 Å². The van der Waals surface area contributed by atoms with E-state index in [0.717, 1.165) is 24.3 Å². The van der Waals surface area contributed by atoms with Gasteiger partial charge in [-0.05, 0) is 42.0 Å². The van der Waals surface area contributed by atoms with E-state index in [-0.39, 0.29) is 11.7 Å². The van der Waals surface area contributed by atoms with Crippen molar-refractivity contribution in [3.05, 3.63) is 60.2 Å². The predicted molar refractivity (Wildman–Crippen MR) is 93.4 cm³/mol. The number of aryl methyl sites for hydroxylation is 1. The van der Waals surface area contributed by atoms with Gasteiger partial charge in [0.25, 0.3) is 0 Å². The zero-order valence-corrected chi connectivity index (χ0v) is 13.3. The molecule has 0 aromatic heterocycles. The molecule has 2 rings (SSSR count). The van der Waals surface area contributed by atoms with E-state index in [1.165, 1.54) is 5.56 Å². The Balaban J connectivity index is 1.57. The topological polar surface area (TPSA) is 49.3 Å². The van der Waals surface area contributed by atoms with Crippen molar-refractivity contribution in [3.8, 4) is 5.75 Å². The minimum absolute atomic E-state index is 0.0508. The molecule has 0 aliphatic heterocycles. The molecule has 0 aliphatic rings. The molecule has 0 bridgehead atoms. The van der Waals surface area contributed by atoms with E-state index in [9.17, 15) is 9.90 Å². The first kappa shape index (κ1) is 16.4. The predicted octanol–water partition coefficient (Wildman–Crippen LogP) is 4.09. The number of aromatic hydroxyl groups is 1. The average Bonchev–Trinajstić information content (AvgIpc) is 2.54. The standard InChI is InChI=1S/C18H21NO2S/c20-17-10-5-4-9-16(17)19-18(21)11-6-13-22-14-12-15-7-2-1-3-8-15/h1-5,7-10,20H,6,11-14H2,(H,19,21). The first-order valence-electron chi connectivity index (χ1n) is 7.45. The molecule has 22 heavy (non-hydrogen) atoms. The molecule has 3 nitrogen and oxygen atoms in total. The van der Waals surface area contributed by atoms with Gasteiger partial charge in [-0.2, -0.15) is 11.8 Å². The molecule has 0 radical (unpaired) electrons. The van der Waals surface area contributed by atoms with Gasteiger partial charge < -0.3 is 10.4 Å². The molecule has 116 valence electrons. The van der Waals surface area contributed by atoms with Crippen LogP contribution in [0.1, 0.15) is 18.4 Å². The number of rotatable bonds is 8. The summed E-state index contributed by atoms with van der Waals surface area (Å²) in [6, 6.07) is 17.2. The van der Waals surface area contributed by atoms with Gasteiger partial charge in [0, 0.05) is 6.42 Å². The van der Waals surface area contributed by atoms with Gasteiger partial charge >= 0.3 is 0 Å². The second-order valence-electron chi connectivity index (χ2n) is 5.02. The zero-order valence-electron chi connectivity index (χ0n) is 12.5. The Morgan fingerprint density at radius 3 is 2.50 bits per heavy atom. The number of amides is 1. The maximum Gasteiger partial charge on any atom is 0.224 e. The number of benzene rings is 2. The summed E-state index contributed by atoms with van der Waals surface area (Å²) in [6.07, 6.45) is 2.39. The van der Waals surface area contributed by atoms with Crippen LogP contribution >= 0.6 is 11.8 Å². The summed E-state index contributed by atoms with van der Waals surface area (Å²) in [5.74, 6) is 2.10. The quantitative estimate of drug-likeness (QED) is 0.570. The Kier molecular flexibility index (Phi) is 6.84. The van der Waals surface area contributed by atoms with Gasteiger partial charge in [-0.15, -0.1) is 0 Å². The fraction of sp³-hybridized carbons (Fsp3) is 0.278. The fourth-order valence-corrected chi connectivity index (χ4v) is 3.00. The Hall–Kier alpha value is -1.94. The highest BCUT2D eigenvalue weighted by atomic mass is 32.2. The minimum atomic E-state index is -0.0508. The number of para-hydroxylation sites is 2. The molecule has 0 atom stereocenters. The first-order chi connectivity index (χ1) is 10.8. The summed E-state index contributed by atoms with van der Waals surface area (Å²) >= 11 is 1.87. The zero-order chi connectivity index (χ0) is 15.6. The Bertz CT molecular complexity index is 587. The van der Waals surface area contributed by atoms with Crippen LogP contribution in [0, 0.1) is 0 Å². The number of hydrogen-bond donors (Lipinski definition) is 2. The molecule has 0 fully saturated rings. The van der Waals surface area contributed by atoms with E-state index in [4.69, 9.17) is 0 Å². The van der Waals surface area contributed by atoms with Crippen LogP contribution in [0.4, 0.5) is 5.69 Å². The number of thioether (sulfide) groups is 1. The third-order valence-corrected chi connectivity index (χ3v) is 4.32. The van der Waals surface area contributed by atoms with Gasteiger partial charge in [0.1, 0.15) is 5.75 Å². The van der Waals surface area contributed by atoms with Crippen molar-refractivity contribution in [2.24, 2.45) is 0 Å². The van der Waals surface area contributed by atoms with Gasteiger partial charge in [-0.25, -0.2) is 0 Å². The van der Waals surface area contributed by atoms with Gasteiger partial charge in [0.05, 0.1) is 5.69 Å². The summed E-state index contributed by atoms with van der Waals surface area (Å²) in [4.78, 5) is 11.8. The SMILES string of the molecule is O=C(CCCSCCc1ccccc1)Nc1ccccc1O. The number of phenols is 1. The number of hydrogen-bond acceptors (Lipinski definition) is 3. The maximum atomic E-state index is 11.8. The Morgan fingerprint density at radius 2 is 1.73 bits per heavy atom. The smallest absolute Gasteiger partial charge is 0.224 e. The van der Waals surface area contributed by atoms with Gasteiger partial charge in [-0.1, -0.05) is 42.5 Å². The molecule has 2 aromatic carbocycles. The summed E-state index contributed by atoms with van der Waals surface area (Å²) in [7, 11) is 0. The molecular weight excluding hydrogens is 294 g/mol. The summed E-state index contributed by atoms with van der Waals surface area (Å²) in [5.41, 5.74) is 1.83. The van der Waals surface area contributed by atoms with Crippen molar-refractivity contribution in [2.75, 3.05) is 16.8 Å². The van der Waals surface area contributed by atoms with E-state index < -0.39 is 0 Å². The van der Waals surface area contributed by atoms with Crippen LogP contribution in [0.15, 0.2) is 54.6 Å². The highest BCUT2D eigenvalue weighted by molar-refractivity contribution is 7.99. The lowest BCUT2D eigenvalue weighted by atomic mass is 10.2. The molecular formula is C18H21NO2S. The molecule has 0 saturated heterocycles. The molecule has 0 aliphatic carbocycles. The third-order valence-electron chi connectivity index (χ3n) is 3.25. The van der Waals surface area contributed by atoms with Crippen molar-refractivity contribution in [3.63, 3.8) is 0 Å². The van der Waals surface area contributed by atoms with Crippen molar-refractivity contribution in [1.82, 2.24) is 0 Å². The molecule has 2 N–H and O–H groups in total. The highest BCUT2D eigenvalue weighted by Gasteiger charge is 2.05. The van der Waals surface area contributed by atoms with Crippen LogP contribution in [0.5, 0.6) is 5.75 Å². The van der Waals surface area contributed by atoms with E-state index in [1.807, 2.05) is 17.8 Å². The maximum absolute atomic E-state index is 11.8. The molecule has 0 spiro atoms. The van der Waals surface area contributed by atoms with Crippen LogP contribution in [0.25, 0.3) is 0 Å². The van der Waals surface area contributed by atoms with Crippen LogP contribution in [0.2, 0.25) is 0 Å². The van der Waals surface area contributed by atoms with E-state index in [0.29, 0.717) is 12.1 Å². The summed E-state index contributed by atoms with van der Waals surface area (Å²) in [6.45, 7) is 0. The number of nitrogens with one attached hydrogen (secondary N) is 1. The largest absolute Gasteiger partial charge is 0.506 e. The van der Waals surface area contributed by atoms with Crippen molar-refractivity contribution < 1.29 is 9.90 Å². The molecule has 0 heterocycles. The van der Waals surface area contributed by atoms with Crippen LogP contribution in [-0.4, -0.2) is 22.5 Å². The van der Waals surface area contributed by atoms with Gasteiger partial charge in [-0.3, -0.25) is 4.79 Å². The lowest BCUT2D eigenvalue weighted by Crippen LogP contribution is -2.11. The normalized spacial score (nSPS) is 10.4. The van der Waals surface area contributed by atoms with Crippen LogP contribution in [0.3, 0.4) is 0 Å². The third kappa shape index (κ3) is 5.82. The van der Waals surface area contributed by atoms with Crippen LogP contribution < -0.4 is 5.32 Å². The van der Waals surface area contributed by atoms with E-state index >= 15 is 0 Å². The summed E-state index contributed by atoms with van der Waals surface area (Å²) < 4.78 is 0. The average molecular weight is 315 g/mol. The van der Waals surface area contributed by atoms with Crippen molar-refractivity contribution >= 4 is 23.4 Å². The lowest BCUT2D eigenvalue weighted by molar-refractivity contribution is -0.116. The van der Waals surface area contributed by atoms with Crippen LogP contribution in [-0.2, 0) is 11.2 Å². The Morgan fingerprint density at radius 1 is 1.00 bits per heavy atom. The summed E-state index contributed by atoms with van der Waals surface area (Å²) in [5, 5.41) is 12.3. The molecule has 0 unspecified atom stereocenters. The molecule has 1 amide bonds. The van der Waals surface area contributed by atoms with Crippen molar-refractivity contribution in [2.45, 2.75) is 19.3 Å². The number of phenolic OH excluding ortho intramolecular Hbond substituents is 1.